The van der Waals surface area contributed by atoms with Crippen molar-refractivity contribution in [2.75, 3.05) is 0 Å². The molecule has 3 N–H and O–H groups in total. The molecule has 11 heavy (non-hydrogen) atoms. The van der Waals surface area contributed by atoms with Crippen LogP contribution in [0.25, 0.3) is 0 Å². The van der Waals surface area contributed by atoms with E-state index in [4.69, 9.17) is 12.3 Å². The molecule has 1 rings (SSSR count). The number of halogens is 1. The van der Waals surface area contributed by atoms with Crippen molar-refractivity contribution in [1.29, 1.82) is 0 Å². The number of nitrogens with one attached hydrogen (secondary N) is 1. The van der Waals surface area contributed by atoms with E-state index in [1.54, 1.807) is 11.3 Å². The van der Waals surface area contributed by atoms with Crippen molar-refractivity contribution in [1.82, 2.24) is 5.43 Å². The van der Waals surface area contributed by atoms with Gasteiger partial charge in [0.05, 0.1) is 3.79 Å². The second-order valence-electron chi connectivity index (χ2n) is 1.95. The van der Waals surface area contributed by atoms with Crippen LogP contribution in [0.1, 0.15) is 11.6 Å². The zero-order chi connectivity index (χ0) is 8.27. The molecule has 0 saturated carbocycles. The molecule has 4 heteroatoms. The molecule has 0 saturated heterocycles. The highest BCUT2D eigenvalue weighted by molar-refractivity contribution is 9.11. The number of rotatable bonds is 2. The lowest BCUT2D eigenvalue weighted by molar-refractivity contribution is 0.675. The van der Waals surface area contributed by atoms with Gasteiger partial charge in [-0.2, -0.15) is 0 Å². The summed E-state index contributed by atoms with van der Waals surface area (Å²) in [4.78, 5) is 0. The summed E-state index contributed by atoms with van der Waals surface area (Å²) in [6.07, 6.45) is 5.22. The predicted molar refractivity (Wildman–Crippen MR) is 50.9 cm³/mol. The molecular formula is C7H7BrN2S. The van der Waals surface area contributed by atoms with Crippen molar-refractivity contribution in [3.63, 3.8) is 0 Å². The average molecular weight is 231 g/mol. The molecule has 0 aliphatic rings. The zero-order valence-electron chi connectivity index (χ0n) is 5.67. The van der Waals surface area contributed by atoms with Gasteiger partial charge >= 0.3 is 0 Å². The molecule has 0 aromatic carbocycles. The molecule has 58 valence electrons. The van der Waals surface area contributed by atoms with Crippen LogP contribution < -0.4 is 11.3 Å². The van der Waals surface area contributed by atoms with E-state index in [2.05, 4.69) is 27.3 Å². The summed E-state index contributed by atoms with van der Waals surface area (Å²) in [6, 6.07) is 1.77. The van der Waals surface area contributed by atoms with Crippen LogP contribution in [0.5, 0.6) is 0 Å². The van der Waals surface area contributed by atoms with Crippen LogP contribution in [0.15, 0.2) is 15.2 Å². The van der Waals surface area contributed by atoms with Crippen molar-refractivity contribution in [2.45, 2.75) is 6.04 Å². The maximum atomic E-state index is 5.22. The van der Waals surface area contributed by atoms with Gasteiger partial charge in [-0.05, 0) is 32.9 Å². The quantitative estimate of drug-likeness (QED) is 0.461. The number of terminal acetylenes is 1. The molecule has 0 amide bonds. The van der Waals surface area contributed by atoms with E-state index in [1.165, 1.54) is 0 Å². The summed E-state index contributed by atoms with van der Waals surface area (Å²) in [6.45, 7) is 0. The second kappa shape index (κ2) is 3.88. The molecule has 2 nitrogen and oxygen atoms in total. The van der Waals surface area contributed by atoms with Gasteiger partial charge in [0, 0.05) is 0 Å². The van der Waals surface area contributed by atoms with Crippen LogP contribution in [0.2, 0.25) is 0 Å². The van der Waals surface area contributed by atoms with Gasteiger partial charge in [-0.25, -0.2) is 5.43 Å². The van der Waals surface area contributed by atoms with Gasteiger partial charge in [-0.3, -0.25) is 5.84 Å². The van der Waals surface area contributed by atoms with E-state index in [0.717, 1.165) is 9.35 Å². The fourth-order valence-electron chi connectivity index (χ4n) is 0.715. The highest BCUT2D eigenvalue weighted by Gasteiger charge is 2.06. The largest absolute Gasteiger partial charge is 0.270 e. The summed E-state index contributed by atoms with van der Waals surface area (Å²) < 4.78 is 1.06. The Balaban J connectivity index is 2.84. The van der Waals surface area contributed by atoms with Crippen LogP contribution in [-0.4, -0.2) is 0 Å². The van der Waals surface area contributed by atoms with Gasteiger partial charge in [0.25, 0.3) is 0 Å². The van der Waals surface area contributed by atoms with Crippen molar-refractivity contribution in [3.05, 3.63) is 20.8 Å². The van der Waals surface area contributed by atoms with Crippen LogP contribution in [-0.2, 0) is 0 Å². The highest BCUT2D eigenvalue weighted by atomic mass is 79.9. The highest BCUT2D eigenvalue weighted by Crippen LogP contribution is 2.24. The van der Waals surface area contributed by atoms with E-state index in [9.17, 15) is 0 Å². The summed E-state index contributed by atoms with van der Waals surface area (Å²) in [7, 11) is 0. The van der Waals surface area contributed by atoms with Crippen LogP contribution >= 0.6 is 27.3 Å². The molecule has 0 fully saturated rings. The molecule has 0 radical (unpaired) electrons. The fourth-order valence-corrected chi connectivity index (χ4v) is 1.92. The van der Waals surface area contributed by atoms with Gasteiger partial charge in [0.2, 0.25) is 0 Å². The Hall–Kier alpha value is -0.340. The van der Waals surface area contributed by atoms with Gasteiger partial charge in [0.15, 0.2) is 0 Å². The van der Waals surface area contributed by atoms with Gasteiger partial charge < -0.3 is 0 Å². The first-order valence-electron chi connectivity index (χ1n) is 2.94. The predicted octanol–water partition coefficient (Wildman–Crippen LogP) is 1.65. The molecule has 1 heterocycles. The summed E-state index contributed by atoms with van der Waals surface area (Å²) >= 11 is 4.93. The third-order valence-electron chi connectivity index (χ3n) is 1.25. The van der Waals surface area contributed by atoms with Crippen LogP contribution in [0.4, 0.5) is 0 Å². The Kier molecular flexibility index (Phi) is 3.09. The first-order valence-corrected chi connectivity index (χ1v) is 4.61. The molecule has 0 aliphatic carbocycles. The Labute approximate surface area is 77.9 Å². The minimum Gasteiger partial charge on any atom is -0.270 e. The lowest BCUT2D eigenvalue weighted by Crippen LogP contribution is -2.26. The minimum absolute atomic E-state index is 0.183. The minimum atomic E-state index is -0.183. The topological polar surface area (TPSA) is 38.0 Å². The first-order chi connectivity index (χ1) is 5.27. The molecular weight excluding hydrogens is 224 g/mol. The SMILES string of the molecule is C#CC(NN)c1csc(Br)c1. The van der Waals surface area contributed by atoms with Crippen LogP contribution in [0, 0.1) is 12.3 Å². The van der Waals surface area contributed by atoms with Crippen molar-refractivity contribution >= 4 is 27.3 Å². The third-order valence-corrected chi connectivity index (χ3v) is 2.78. The van der Waals surface area contributed by atoms with Crippen molar-refractivity contribution in [2.24, 2.45) is 5.84 Å². The normalized spacial score (nSPS) is 12.5. The van der Waals surface area contributed by atoms with Crippen LogP contribution in [0.3, 0.4) is 0 Å². The first kappa shape index (κ1) is 8.75. The van der Waals surface area contributed by atoms with E-state index >= 15 is 0 Å². The van der Waals surface area contributed by atoms with E-state index in [0.29, 0.717) is 0 Å². The molecule has 0 aliphatic heterocycles. The lowest BCUT2D eigenvalue weighted by Gasteiger charge is -2.04. The standard InChI is InChI=1S/C7H7BrN2S/c1-2-6(10-9)5-3-7(8)11-4-5/h1,3-4,6,10H,9H2. The Morgan fingerprint density at radius 2 is 2.55 bits per heavy atom. The van der Waals surface area contributed by atoms with Gasteiger partial charge in [-0.1, -0.05) is 5.92 Å². The number of hydrazine groups is 1. The third kappa shape index (κ3) is 2.04. The molecule has 1 aromatic rings. The second-order valence-corrected chi connectivity index (χ2v) is 4.24. The summed E-state index contributed by atoms with van der Waals surface area (Å²) in [5, 5.41) is 1.97. The fraction of sp³-hybridized carbons (Fsp3) is 0.143. The van der Waals surface area contributed by atoms with Crippen molar-refractivity contribution < 1.29 is 0 Å². The Morgan fingerprint density at radius 1 is 1.82 bits per heavy atom. The summed E-state index contributed by atoms with van der Waals surface area (Å²) in [5.74, 6) is 7.75. The average Bonchev–Trinajstić information content (AvgIpc) is 2.39. The summed E-state index contributed by atoms with van der Waals surface area (Å²) in [5.41, 5.74) is 3.55. The molecule has 1 atom stereocenters. The van der Waals surface area contributed by atoms with E-state index < -0.39 is 0 Å². The number of nitrogens with two attached hydrogens (primary N) is 1. The Bertz CT molecular complexity index is 276. The Morgan fingerprint density at radius 3 is 2.91 bits per heavy atom. The lowest BCUT2D eigenvalue weighted by atomic mass is 10.2. The zero-order valence-corrected chi connectivity index (χ0v) is 8.08. The van der Waals surface area contributed by atoms with Gasteiger partial charge in [-0.15, -0.1) is 17.8 Å². The maximum absolute atomic E-state index is 5.22. The maximum Gasteiger partial charge on any atom is 0.107 e. The smallest absolute Gasteiger partial charge is 0.107 e. The molecule has 1 unspecified atom stereocenters. The van der Waals surface area contributed by atoms with Crippen molar-refractivity contribution in [3.8, 4) is 12.3 Å². The number of hydrogen-bond donors (Lipinski definition) is 2. The number of thiophene rings is 1. The molecule has 0 spiro atoms. The monoisotopic (exact) mass is 230 g/mol. The van der Waals surface area contributed by atoms with E-state index in [1.807, 2.05) is 11.4 Å². The van der Waals surface area contributed by atoms with E-state index in [-0.39, 0.29) is 6.04 Å². The molecule has 0 bridgehead atoms. The van der Waals surface area contributed by atoms with Gasteiger partial charge in [0.1, 0.15) is 6.04 Å². The number of hydrogen-bond acceptors (Lipinski definition) is 3. The molecule has 1 aromatic heterocycles.